The quantitative estimate of drug-likeness (QED) is 0.696. The number of nitrogens with one attached hydrogen (secondary N) is 2. The fourth-order valence-corrected chi connectivity index (χ4v) is 3.06. The summed E-state index contributed by atoms with van der Waals surface area (Å²) in [6.45, 7) is 7.41. The Balaban J connectivity index is 1.98. The summed E-state index contributed by atoms with van der Waals surface area (Å²) in [5.41, 5.74) is 5.33. The molecule has 2 aromatic carbocycles. The number of hydrogen-bond acceptors (Lipinski definition) is 1. The van der Waals surface area contributed by atoms with Crippen molar-refractivity contribution >= 4 is 22.6 Å². The highest BCUT2D eigenvalue weighted by Crippen LogP contribution is 2.30. The van der Waals surface area contributed by atoms with Crippen LogP contribution in [0.2, 0.25) is 0 Å². The molecule has 4 nitrogen and oxygen atoms in total. The first-order valence-corrected chi connectivity index (χ1v) is 8.36. The molecule has 0 saturated heterocycles. The van der Waals surface area contributed by atoms with Crippen molar-refractivity contribution in [2.24, 2.45) is 0 Å². The van der Waals surface area contributed by atoms with Gasteiger partial charge in [-0.3, -0.25) is 0 Å². The molecule has 0 unspecified atom stereocenters. The smallest absolute Gasteiger partial charge is 0.321 e. The van der Waals surface area contributed by atoms with Crippen molar-refractivity contribution in [3.05, 3.63) is 54.2 Å². The van der Waals surface area contributed by atoms with E-state index >= 15 is 0 Å². The largest absolute Gasteiger partial charge is 0.361 e. The monoisotopic (exact) mass is 321 g/mol. The van der Waals surface area contributed by atoms with Gasteiger partial charge in [0.05, 0.1) is 0 Å². The standard InChI is InChI=1S/C20H23N3O/c1-4-23(5-2)20(24)22-16-12-14(3)11-15(13-16)17-7-6-8-19-18(17)9-10-21-19/h6-13,21H,4-5H2,1-3H3,(H,22,24). The molecule has 0 radical (unpaired) electrons. The fraction of sp³-hybridized carbons (Fsp3) is 0.250. The van der Waals surface area contributed by atoms with Crippen molar-refractivity contribution in [2.75, 3.05) is 18.4 Å². The Morgan fingerprint density at radius 2 is 1.92 bits per heavy atom. The molecule has 3 rings (SSSR count). The minimum atomic E-state index is -0.0589. The van der Waals surface area contributed by atoms with Gasteiger partial charge in [-0.1, -0.05) is 18.2 Å². The summed E-state index contributed by atoms with van der Waals surface area (Å²) in [6, 6.07) is 14.4. The molecule has 0 spiro atoms. The highest BCUT2D eigenvalue weighted by atomic mass is 16.2. The molecule has 24 heavy (non-hydrogen) atoms. The number of aromatic nitrogens is 1. The van der Waals surface area contributed by atoms with Crippen LogP contribution in [0.1, 0.15) is 19.4 Å². The molecular weight excluding hydrogens is 298 g/mol. The summed E-state index contributed by atoms with van der Waals surface area (Å²) in [4.78, 5) is 17.3. The van der Waals surface area contributed by atoms with Crippen molar-refractivity contribution in [3.63, 3.8) is 0 Å². The molecule has 1 heterocycles. The molecular formula is C20H23N3O. The minimum absolute atomic E-state index is 0.0589. The Morgan fingerprint density at radius 3 is 2.67 bits per heavy atom. The number of aryl methyl sites for hydroxylation is 1. The molecule has 2 amide bonds. The van der Waals surface area contributed by atoms with Crippen LogP contribution in [0.4, 0.5) is 10.5 Å². The predicted molar refractivity (Wildman–Crippen MR) is 100 cm³/mol. The van der Waals surface area contributed by atoms with E-state index in [0.29, 0.717) is 13.1 Å². The molecule has 0 aliphatic heterocycles. The summed E-state index contributed by atoms with van der Waals surface area (Å²) in [5, 5.41) is 4.20. The Kier molecular flexibility index (Phi) is 4.56. The highest BCUT2D eigenvalue weighted by Gasteiger charge is 2.11. The third-order valence-corrected chi connectivity index (χ3v) is 4.29. The van der Waals surface area contributed by atoms with E-state index in [1.165, 1.54) is 5.39 Å². The van der Waals surface area contributed by atoms with E-state index in [-0.39, 0.29) is 6.03 Å². The number of aromatic amines is 1. The van der Waals surface area contributed by atoms with E-state index < -0.39 is 0 Å². The normalized spacial score (nSPS) is 10.8. The zero-order valence-corrected chi connectivity index (χ0v) is 14.4. The summed E-state index contributed by atoms with van der Waals surface area (Å²) in [6.07, 6.45) is 1.95. The lowest BCUT2D eigenvalue weighted by Gasteiger charge is -2.20. The van der Waals surface area contributed by atoms with E-state index in [1.807, 2.05) is 45.2 Å². The topological polar surface area (TPSA) is 48.1 Å². The Bertz CT molecular complexity index is 862. The predicted octanol–water partition coefficient (Wildman–Crippen LogP) is 5.02. The van der Waals surface area contributed by atoms with Gasteiger partial charge in [0, 0.05) is 35.9 Å². The SMILES string of the molecule is CCN(CC)C(=O)Nc1cc(C)cc(-c2cccc3[nH]ccc23)c1. The summed E-state index contributed by atoms with van der Waals surface area (Å²) in [5.74, 6) is 0. The first kappa shape index (κ1) is 16.1. The van der Waals surface area contributed by atoms with Crippen molar-refractivity contribution in [1.82, 2.24) is 9.88 Å². The first-order chi connectivity index (χ1) is 11.6. The molecule has 0 bridgehead atoms. The van der Waals surface area contributed by atoms with Crippen LogP contribution < -0.4 is 5.32 Å². The minimum Gasteiger partial charge on any atom is -0.361 e. The Morgan fingerprint density at radius 1 is 1.12 bits per heavy atom. The van der Waals surface area contributed by atoms with Crippen LogP contribution in [0.5, 0.6) is 0 Å². The molecule has 0 saturated carbocycles. The Labute approximate surface area is 142 Å². The van der Waals surface area contributed by atoms with Crippen molar-refractivity contribution in [3.8, 4) is 11.1 Å². The van der Waals surface area contributed by atoms with Gasteiger partial charge in [-0.05, 0) is 61.7 Å². The van der Waals surface area contributed by atoms with Crippen LogP contribution in [-0.2, 0) is 0 Å². The van der Waals surface area contributed by atoms with Crippen LogP contribution in [0.3, 0.4) is 0 Å². The maximum atomic E-state index is 12.3. The van der Waals surface area contributed by atoms with Crippen LogP contribution in [0.15, 0.2) is 48.7 Å². The third kappa shape index (κ3) is 3.13. The maximum absolute atomic E-state index is 12.3. The van der Waals surface area contributed by atoms with Gasteiger partial charge in [0.2, 0.25) is 0 Å². The van der Waals surface area contributed by atoms with Crippen LogP contribution in [0.25, 0.3) is 22.0 Å². The van der Waals surface area contributed by atoms with Gasteiger partial charge in [-0.25, -0.2) is 4.79 Å². The van der Waals surface area contributed by atoms with Crippen molar-refractivity contribution in [2.45, 2.75) is 20.8 Å². The van der Waals surface area contributed by atoms with Gasteiger partial charge in [0.1, 0.15) is 0 Å². The maximum Gasteiger partial charge on any atom is 0.321 e. The fourth-order valence-electron chi connectivity index (χ4n) is 3.06. The zero-order valence-electron chi connectivity index (χ0n) is 14.4. The van der Waals surface area contributed by atoms with Gasteiger partial charge in [-0.15, -0.1) is 0 Å². The Hall–Kier alpha value is -2.75. The second kappa shape index (κ2) is 6.79. The average Bonchev–Trinajstić information content (AvgIpc) is 3.04. The molecule has 124 valence electrons. The molecule has 1 aromatic heterocycles. The number of rotatable bonds is 4. The number of urea groups is 1. The first-order valence-electron chi connectivity index (χ1n) is 8.36. The van der Waals surface area contributed by atoms with E-state index in [4.69, 9.17) is 0 Å². The number of amides is 2. The molecule has 4 heteroatoms. The van der Waals surface area contributed by atoms with E-state index in [0.717, 1.165) is 27.9 Å². The molecule has 2 N–H and O–H groups in total. The number of hydrogen-bond donors (Lipinski definition) is 2. The lowest BCUT2D eigenvalue weighted by Crippen LogP contribution is -2.34. The van der Waals surface area contributed by atoms with Crippen molar-refractivity contribution < 1.29 is 4.79 Å². The van der Waals surface area contributed by atoms with Gasteiger partial charge in [0.15, 0.2) is 0 Å². The second-order valence-corrected chi connectivity index (χ2v) is 5.93. The lowest BCUT2D eigenvalue weighted by molar-refractivity contribution is 0.217. The van der Waals surface area contributed by atoms with Gasteiger partial charge in [0.25, 0.3) is 0 Å². The molecule has 0 aliphatic rings. The number of anilines is 1. The van der Waals surface area contributed by atoms with Crippen LogP contribution >= 0.6 is 0 Å². The van der Waals surface area contributed by atoms with Gasteiger partial charge >= 0.3 is 6.03 Å². The zero-order chi connectivity index (χ0) is 17.1. The number of fused-ring (bicyclic) bond motifs is 1. The van der Waals surface area contributed by atoms with Crippen LogP contribution in [0, 0.1) is 6.92 Å². The van der Waals surface area contributed by atoms with Crippen LogP contribution in [-0.4, -0.2) is 29.0 Å². The van der Waals surface area contributed by atoms with E-state index in [9.17, 15) is 4.79 Å². The third-order valence-electron chi connectivity index (χ3n) is 4.29. The molecule has 0 aliphatic carbocycles. The van der Waals surface area contributed by atoms with Gasteiger partial charge < -0.3 is 15.2 Å². The number of carbonyl (C=O) groups is 1. The molecule has 0 fully saturated rings. The average molecular weight is 321 g/mol. The summed E-state index contributed by atoms with van der Waals surface area (Å²) >= 11 is 0. The second-order valence-electron chi connectivity index (χ2n) is 5.93. The number of nitrogens with zero attached hydrogens (tertiary/aromatic N) is 1. The number of carbonyl (C=O) groups excluding carboxylic acids is 1. The van der Waals surface area contributed by atoms with Crippen molar-refractivity contribution in [1.29, 1.82) is 0 Å². The van der Waals surface area contributed by atoms with E-state index in [2.05, 4.69) is 34.6 Å². The molecule has 0 atom stereocenters. The highest BCUT2D eigenvalue weighted by molar-refractivity contribution is 5.97. The number of H-pyrrole nitrogens is 1. The molecule has 3 aromatic rings. The van der Waals surface area contributed by atoms with Gasteiger partial charge in [-0.2, -0.15) is 0 Å². The van der Waals surface area contributed by atoms with E-state index in [1.54, 1.807) is 4.90 Å². The lowest BCUT2D eigenvalue weighted by atomic mass is 9.99. The summed E-state index contributed by atoms with van der Waals surface area (Å²) < 4.78 is 0. The summed E-state index contributed by atoms with van der Waals surface area (Å²) in [7, 11) is 0. The number of benzene rings is 2.